The minimum Gasteiger partial charge on any atom is -0.480 e. The van der Waals surface area contributed by atoms with Gasteiger partial charge in [-0.3, -0.25) is 4.79 Å². The second-order valence-corrected chi connectivity index (χ2v) is 6.17. The predicted molar refractivity (Wildman–Crippen MR) is 72.0 cm³/mol. The van der Waals surface area contributed by atoms with Crippen molar-refractivity contribution in [1.82, 2.24) is 4.90 Å². The third kappa shape index (κ3) is 2.94. The summed E-state index contributed by atoms with van der Waals surface area (Å²) >= 11 is 1.52. The van der Waals surface area contributed by atoms with Gasteiger partial charge >= 0.3 is 5.97 Å². The summed E-state index contributed by atoms with van der Waals surface area (Å²) in [6, 6.07) is 2.42. The maximum atomic E-state index is 12.4. The van der Waals surface area contributed by atoms with Gasteiger partial charge in [0.2, 0.25) is 0 Å². The van der Waals surface area contributed by atoms with Crippen molar-refractivity contribution in [2.24, 2.45) is 5.92 Å². The van der Waals surface area contributed by atoms with Crippen LogP contribution in [0.4, 0.5) is 0 Å². The highest BCUT2D eigenvalue weighted by Gasteiger charge is 2.42. The lowest BCUT2D eigenvalue weighted by atomic mass is 10.1. The summed E-state index contributed by atoms with van der Waals surface area (Å²) in [5, 5.41) is 9.15. The fourth-order valence-corrected chi connectivity index (χ4v) is 3.77. The van der Waals surface area contributed by atoms with Crippen molar-refractivity contribution in [1.29, 1.82) is 0 Å². The molecule has 0 aromatic carbocycles. The van der Waals surface area contributed by atoms with Crippen molar-refractivity contribution in [3.63, 3.8) is 0 Å². The molecular formula is C13H17NO4S. The Kier molecular flexibility index (Phi) is 4.19. The second kappa shape index (κ2) is 5.69. The number of carboxylic acids is 1. The van der Waals surface area contributed by atoms with Gasteiger partial charge in [-0.2, -0.15) is 0 Å². The average molecular weight is 283 g/mol. The minimum absolute atomic E-state index is 0.0984. The molecule has 6 heteroatoms. The monoisotopic (exact) mass is 283 g/mol. The lowest BCUT2D eigenvalue weighted by molar-refractivity contribution is -0.141. The highest BCUT2D eigenvalue weighted by molar-refractivity contribution is 8.00. The molecule has 0 spiro atoms. The molecular weight excluding hydrogens is 266 g/mol. The number of nitrogens with zero attached hydrogens (tertiary/aromatic N) is 1. The number of hydrogen-bond acceptors (Lipinski definition) is 4. The Morgan fingerprint density at radius 3 is 2.84 bits per heavy atom. The SMILES string of the molecule is CC(C)C[C@H]1SC[C@@H](C(=O)O)N1C(=O)c1ccco1. The van der Waals surface area contributed by atoms with Crippen LogP contribution in [0.1, 0.15) is 30.8 Å². The molecule has 1 aromatic heterocycles. The molecule has 0 bridgehead atoms. The van der Waals surface area contributed by atoms with Gasteiger partial charge in [0.1, 0.15) is 6.04 Å². The van der Waals surface area contributed by atoms with Crippen LogP contribution in [0.2, 0.25) is 0 Å². The number of furan rings is 1. The van der Waals surface area contributed by atoms with E-state index in [-0.39, 0.29) is 17.0 Å². The largest absolute Gasteiger partial charge is 0.480 e. The zero-order chi connectivity index (χ0) is 14.0. The Hall–Kier alpha value is -1.43. The molecule has 5 nitrogen and oxygen atoms in total. The number of carboxylic acid groups (broad SMARTS) is 1. The van der Waals surface area contributed by atoms with Crippen molar-refractivity contribution < 1.29 is 19.1 Å². The zero-order valence-electron chi connectivity index (χ0n) is 10.9. The van der Waals surface area contributed by atoms with E-state index in [2.05, 4.69) is 13.8 Å². The quantitative estimate of drug-likeness (QED) is 0.918. The van der Waals surface area contributed by atoms with Crippen LogP contribution in [0.5, 0.6) is 0 Å². The van der Waals surface area contributed by atoms with Gasteiger partial charge < -0.3 is 14.4 Å². The summed E-state index contributed by atoms with van der Waals surface area (Å²) in [7, 11) is 0. The molecule has 19 heavy (non-hydrogen) atoms. The molecule has 1 amide bonds. The van der Waals surface area contributed by atoms with Crippen molar-refractivity contribution in [2.45, 2.75) is 31.7 Å². The Morgan fingerprint density at radius 1 is 1.58 bits per heavy atom. The fraction of sp³-hybridized carbons (Fsp3) is 0.538. The van der Waals surface area contributed by atoms with Crippen LogP contribution >= 0.6 is 11.8 Å². The first-order valence-corrected chi connectivity index (χ1v) is 7.26. The van der Waals surface area contributed by atoms with Crippen LogP contribution in [-0.2, 0) is 4.79 Å². The molecule has 1 fully saturated rings. The van der Waals surface area contributed by atoms with Gasteiger partial charge in [0.05, 0.1) is 11.6 Å². The van der Waals surface area contributed by atoms with Gasteiger partial charge in [-0.05, 0) is 24.5 Å². The Labute approximate surface area is 116 Å². The smallest absolute Gasteiger partial charge is 0.327 e. The number of thioether (sulfide) groups is 1. The van der Waals surface area contributed by atoms with Crippen molar-refractivity contribution >= 4 is 23.6 Å². The zero-order valence-corrected chi connectivity index (χ0v) is 11.7. The summed E-state index contributed by atoms with van der Waals surface area (Å²) in [5.74, 6) is -0.273. The summed E-state index contributed by atoms with van der Waals surface area (Å²) in [4.78, 5) is 25.1. The Morgan fingerprint density at radius 2 is 2.32 bits per heavy atom. The van der Waals surface area contributed by atoms with E-state index in [0.717, 1.165) is 6.42 Å². The second-order valence-electron chi connectivity index (χ2n) is 4.96. The number of carbonyl (C=O) groups excluding carboxylic acids is 1. The van der Waals surface area contributed by atoms with Crippen LogP contribution in [0.25, 0.3) is 0 Å². The normalized spacial score (nSPS) is 23.0. The lowest BCUT2D eigenvalue weighted by Crippen LogP contribution is -2.45. The van der Waals surface area contributed by atoms with Crippen LogP contribution in [0, 0.1) is 5.92 Å². The van der Waals surface area contributed by atoms with Gasteiger partial charge in [-0.15, -0.1) is 11.8 Å². The van der Waals surface area contributed by atoms with Crippen LogP contribution in [-0.4, -0.2) is 39.1 Å². The number of amides is 1. The van der Waals surface area contributed by atoms with Gasteiger partial charge in [0.25, 0.3) is 5.91 Å². The summed E-state index contributed by atoms with van der Waals surface area (Å²) in [5.41, 5.74) is 0. The van der Waals surface area contributed by atoms with Crippen LogP contribution in [0.15, 0.2) is 22.8 Å². The molecule has 2 atom stereocenters. The number of hydrogen-bond donors (Lipinski definition) is 1. The van der Waals surface area contributed by atoms with E-state index >= 15 is 0 Å². The van der Waals surface area contributed by atoms with Crippen molar-refractivity contribution in [2.75, 3.05) is 5.75 Å². The summed E-state index contributed by atoms with van der Waals surface area (Å²) in [6.45, 7) is 4.12. The number of carbonyl (C=O) groups is 2. The molecule has 1 aromatic rings. The van der Waals surface area contributed by atoms with E-state index in [1.54, 1.807) is 12.1 Å². The molecule has 0 unspecified atom stereocenters. The van der Waals surface area contributed by atoms with E-state index in [0.29, 0.717) is 11.7 Å². The molecule has 1 N–H and O–H groups in total. The summed E-state index contributed by atoms with van der Waals surface area (Å²) in [6.07, 6.45) is 2.20. The van der Waals surface area contributed by atoms with Gasteiger partial charge in [0.15, 0.2) is 5.76 Å². The first-order valence-electron chi connectivity index (χ1n) is 6.21. The minimum atomic E-state index is -0.960. The molecule has 1 aliphatic rings. The highest BCUT2D eigenvalue weighted by atomic mass is 32.2. The standard InChI is InChI=1S/C13H17NO4S/c1-8(2)6-11-14(9(7-19-11)13(16)17)12(15)10-4-3-5-18-10/h3-5,8-9,11H,6-7H2,1-2H3,(H,16,17)/t9-,11+/m0/s1. The van der Waals surface area contributed by atoms with Crippen molar-refractivity contribution in [3.05, 3.63) is 24.2 Å². The van der Waals surface area contributed by atoms with Crippen molar-refractivity contribution in [3.8, 4) is 0 Å². The molecule has 2 rings (SSSR count). The topological polar surface area (TPSA) is 70.8 Å². The Balaban J connectivity index is 2.23. The third-order valence-corrected chi connectivity index (χ3v) is 4.33. The molecule has 0 radical (unpaired) electrons. The van der Waals surface area contributed by atoms with E-state index in [1.807, 2.05) is 0 Å². The molecule has 0 aliphatic carbocycles. The Bertz CT molecular complexity index is 457. The van der Waals surface area contributed by atoms with Gasteiger partial charge in [-0.1, -0.05) is 13.8 Å². The van der Waals surface area contributed by atoms with Crippen LogP contribution in [0.3, 0.4) is 0 Å². The first kappa shape index (κ1) is 14.0. The first-order chi connectivity index (χ1) is 9.00. The number of rotatable bonds is 4. The van der Waals surface area contributed by atoms with E-state index in [4.69, 9.17) is 4.42 Å². The molecule has 1 aliphatic heterocycles. The van der Waals surface area contributed by atoms with E-state index in [1.165, 1.54) is 22.9 Å². The maximum absolute atomic E-state index is 12.4. The summed E-state index contributed by atoms with van der Waals surface area (Å²) < 4.78 is 5.10. The highest BCUT2D eigenvalue weighted by Crippen LogP contribution is 2.34. The number of aliphatic carboxylic acids is 1. The van der Waals surface area contributed by atoms with Gasteiger partial charge in [-0.25, -0.2) is 4.79 Å². The lowest BCUT2D eigenvalue weighted by Gasteiger charge is -2.27. The third-order valence-electron chi connectivity index (χ3n) is 3.02. The predicted octanol–water partition coefficient (Wildman–Crippen LogP) is 2.29. The molecule has 1 saturated heterocycles. The molecule has 0 saturated carbocycles. The molecule has 104 valence electrons. The molecule has 2 heterocycles. The maximum Gasteiger partial charge on any atom is 0.327 e. The van der Waals surface area contributed by atoms with E-state index < -0.39 is 12.0 Å². The average Bonchev–Trinajstić information content (AvgIpc) is 2.95. The van der Waals surface area contributed by atoms with Crippen LogP contribution < -0.4 is 0 Å². The van der Waals surface area contributed by atoms with E-state index in [9.17, 15) is 14.7 Å². The van der Waals surface area contributed by atoms with Gasteiger partial charge in [0, 0.05) is 5.75 Å². The fourth-order valence-electron chi connectivity index (χ4n) is 2.14.